The molecule has 0 atom stereocenters. The van der Waals surface area contributed by atoms with Crippen molar-refractivity contribution in [3.05, 3.63) is 59.7 Å². The van der Waals surface area contributed by atoms with Crippen LogP contribution in [0.15, 0.2) is 48.5 Å². The molecule has 0 radical (unpaired) electrons. The smallest absolute Gasteiger partial charge is 0.337 e. The van der Waals surface area contributed by atoms with Gasteiger partial charge in [0.1, 0.15) is 0 Å². The summed E-state index contributed by atoms with van der Waals surface area (Å²) in [4.78, 5) is 24.8. The van der Waals surface area contributed by atoms with Gasteiger partial charge in [0, 0.05) is 5.92 Å². The first kappa shape index (κ1) is 18.8. The number of methoxy groups -OCH3 is 1. The first-order valence-electron chi connectivity index (χ1n) is 8.61. The molecule has 1 saturated carbocycles. The van der Waals surface area contributed by atoms with Gasteiger partial charge in [0.15, 0.2) is 5.11 Å². The fraction of sp³-hybridized carbons (Fsp3) is 0.250. The lowest BCUT2D eigenvalue weighted by molar-refractivity contribution is -0.119. The van der Waals surface area contributed by atoms with E-state index >= 15 is 0 Å². The first-order valence-corrected chi connectivity index (χ1v) is 9.02. The van der Waals surface area contributed by atoms with Crippen molar-refractivity contribution in [2.45, 2.75) is 19.8 Å². The number of anilines is 2. The summed E-state index contributed by atoms with van der Waals surface area (Å²) in [7, 11) is 1.33. The Labute approximate surface area is 163 Å². The number of thiocarbonyl (C=S) groups is 1. The Balaban J connectivity index is 2.06. The average Bonchev–Trinajstić information content (AvgIpc) is 3.51. The molecule has 2 N–H and O–H groups in total. The fourth-order valence-corrected chi connectivity index (χ4v) is 3.01. The second kappa shape index (κ2) is 7.75. The van der Waals surface area contributed by atoms with E-state index in [4.69, 9.17) is 22.7 Å². The van der Waals surface area contributed by atoms with Crippen molar-refractivity contribution in [3.63, 3.8) is 0 Å². The van der Waals surface area contributed by atoms with Gasteiger partial charge in [0.2, 0.25) is 5.91 Å². The highest BCUT2D eigenvalue weighted by molar-refractivity contribution is 7.80. The van der Waals surface area contributed by atoms with E-state index in [2.05, 4.69) is 0 Å². The minimum atomic E-state index is -0.437. The van der Waals surface area contributed by atoms with Crippen LogP contribution >= 0.6 is 12.2 Å². The van der Waals surface area contributed by atoms with Crippen molar-refractivity contribution in [3.8, 4) is 0 Å². The van der Waals surface area contributed by atoms with Crippen molar-refractivity contribution in [2.75, 3.05) is 17.1 Å². The lowest BCUT2D eigenvalue weighted by Gasteiger charge is -2.36. The quantitative estimate of drug-likeness (QED) is 0.496. The molecule has 2 aromatic carbocycles. The summed E-state index contributed by atoms with van der Waals surface area (Å²) in [5.74, 6) is -0.516. The molecular weight excluding hydrogens is 362 g/mol. The number of benzene rings is 2. The Hall–Kier alpha value is -2.93. The molecule has 6 nitrogen and oxygen atoms in total. The minimum Gasteiger partial charge on any atom is -0.465 e. The molecule has 0 aromatic heterocycles. The summed E-state index contributed by atoms with van der Waals surface area (Å²) >= 11 is 5.27. The van der Waals surface area contributed by atoms with Crippen molar-refractivity contribution in [1.82, 2.24) is 0 Å². The third kappa shape index (κ3) is 3.93. The number of ether oxygens (including phenoxy) is 1. The number of carbonyl (C=O) groups is 2. The van der Waals surface area contributed by atoms with Gasteiger partial charge in [-0.2, -0.15) is 0 Å². The fourth-order valence-electron chi connectivity index (χ4n) is 2.83. The van der Waals surface area contributed by atoms with Gasteiger partial charge in [0.25, 0.3) is 0 Å². The summed E-state index contributed by atoms with van der Waals surface area (Å²) in [5.41, 5.74) is 8.66. The zero-order valence-corrected chi connectivity index (χ0v) is 16.0. The van der Waals surface area contributed by atoms with Crippen molar-refractivity contribution < 1.29 is 14.3 Å². The second-order valence-electron chi connectivity index (χ2n) is 6.40. The number of para-hydroxylation sites is 1. The molecule has 7 heteroatoms. The van der Waals surface area contributed by atoms with E-state index < -0.39 is 5.97 Å². The zero-order chi connectivity index (χ0) is 19.6. The van der Waals surface area contributed by atoms with Crippen LogP contribution in [0.3, 0.4) is 0 Å². The first-order chi connectivity index (χ1) is 12.9. The molecule has 27 heavy (non-hydrogen) atoms. The van der Waals surface area contributed by atoms with Crippen molar-refractivity contribution in [2.24, 2.45) is 11.7 Å². The number of rotatable bonds is 4. The van der Waals surface area contributed by atoms with Crippen LogP contribution in [0.5, 0.6) is 0 Å². The van der Waals surface area contributed by atoms with Gasteiger partial charge in [-0.1, -0.05) is 18.2 Å². The van der Waals surface area contributed by atoms with Gasteiger partial charge < -0.3 is 10.5 Å². The maximum atomic E-state index is 13.1. The number of hydrogen-bond acceptors (Lipinski definition) is 4. The van der Waals surface area contributed by atoms with Crippen molar-refractivity contribution in [1.29, 1.82) is 0 Å². The molecule has 0 heterocycles. The zero-order valence-electron chi connectivity index (χ0n) is 15.2. The third-order valence-electron chi connectivity index (χ3n) is 4.42. The minimum absolute atomic E-state index is 0.0317. The van der Waals surface area contributed by atoms with Crippen LogP contribution in [0, 0.1) is 12.8 Å². The number of hydrogen-bond donors (Lipinski definition) is 1. The molecule has 0 saturated heterocycles. The maximum Gasteiger partial charge on any atom is 0.337 e. The van der Waals surface area contributed by atoms with Gasteiger partial charge in [0.05, 0.1) is 24.0 Å². The van der Waals surface area contributed by atoms with Crippen LogP contribution in [0.4, 0.5) is 11.4 Å². The Bertz CT molecular complexity index is 878. The molecule has 0 bridgehead atoms. The van der Waals surface area contributed by atoms with Crippen LogP contribution in [-0.4, -0.2) is 24.1 Å². The highest BCUT2D eigenvalue weighted by Crippen LogP contribution is 2.35. The summed E-state index contributed by atoms with van der Waals surface area (Å²) < 4.78 is 4.73. The van der Waals surface area contributed by atoms with E-state index in [0.717, 1.165) is 24.1 Å². The molecule has 0 aliphatic heterocycles. The monoisotopic (exact) mass is 383 g/mol. The van der Waals surface area contributed by atoms with Crippen molar-refractivity contribution >= 4 is 40.6 Å². The molecule has 1 amide bonds. The number of aryl methyl sites for hydroxylation is 1. The topological polar surface area (TPSA) is 75.9 Å². The normalized spacial score (nSPS) is 13.0. The predicted molar refractivity (Wildman–Crippen MR) is 108 cm³/mol. The van der Waals surface area contributed by atoms with Gasteiger partial charge in [-0.25, -0.2) is 14.8 Å². The van der Waals surface area contributed by atoms with Crippen LogP contribution < -0.4 is 15.8 Å². The third-order valence-corrected chi connectivity index (χ3v) is 4.59. The molecular formula is C20H21N3O3S. The number of nitrogens with two attached hydrogens (primary N) is 1. The van der Waals surface area contributed by atoms with E-state index in [0.29, 0.717) is 11.3 Å². The number of nitrogens with zero attached hydrogens (tertiary/aromatic N) is 2. The SMILES string of the molecule is COC(=O)c1ccc(N(C(N)=S)N(C(=O)C2CC2)c2ccccc2C)cc1. The number of carbonyl (C=O) groups excluding carboxylic acids is 2. The van der Waals surface area contributed by atoms with E-state index in [1.807, 2.05) is 31.2 Å². The molecule has 140 valence electrons. The molecule has 0 unspecified atom stereocenters. The van der Waals surface area contributed by atoms with Gasteiger partial charge >= 0.3 is 5.97 Å². The highest BCUT2D eigenvalue weighted by Gasteiger charge is 2.38. The Kier molecular flexibility index (Phi) is 5.41. The maximum absolute atomic E-state index is 13.1. The Morgan fingerprint density at radius 1 is 1.07 bits per heavy atom. The van der Waals surface area contributed by atoms with E-state index in [1.165, 1.54) is 12.1 Å². The molecule has 3 rings (SSSR count). The van der Waals surface area contributed by atoms with E-state index in [-0.39, 0.29) is 16.9 Å². The molecule has 1 aliphatic rings. The van der Waals surface area contributed by atoms with Gasteiger partial charge in [-0.15, -0.1) is 0 Å². The van der Waals surface area contributed by atoms with E-state index in [1.54, 1.807) is 29.3 Å². The van der Waals surface area contributed by atoms with Crippen LogP contribution in [0.1, 0.15) is 28.8 Å². The van der Waals surface area contributed by atoms with Gasteiger partial charge in [-0.3, -0.25) is 4.79 Å². The average molecular weight is 383 g/mol. The summed E-state index contributed by atoms with van der Waals surface area (Å²) in [6, 6.07) is 14.2. The summed E-state index contributed by atoms with van der Waals surface area (Å²) in [6.45, 7) is 1.93. The number of esters is 1. The van der Waals surface area contributed by atoms with Crippen LogP contribution in [0.2, 0.25) is 0 Å². The molecule has 0 spiro atoms. The standard InChI is InChI=1S/C20H21N3O3S/c1-13-5-3-4-6-17(13)23(18(24)14-7-8-14)22(20(21)27)16-11-9-15(10-12-16)19(25)26-2/h3-6,9-12,14H,7-8H2,1-2H3,(H2,21,27). The van der Waals surface area contributed by atoms with E-state index in [9.17, 15) is 9.59 Å². The second-order valence-corrected chi connectivity index (χ2v) is 6.82. The predicted octanol–water partition coefficient (Wildman–Crippen LogP) is 3.19. The van der Waals surface area contributed by atoms with Crippen LogP contribution in [0.25, 0.3) is 0 Å². The Morgan fingerprint density at radius 2 is 1.70 bits per heavy atom. The number of amides is 1. The lowest BCUT2D eigenvalue weighted by atomic mass is 10.1. The lowest BCUT2D eigenvalue weighted by Crippen LogP contribution is -2.53. The Morgan fingerprint density at radius 3 is 2.22 bits per heavy atom. The summed E-state index contributed by atoms with van der Waals surface area (Å²) in [5, 5.41) is 3.10. The molecule has 1 aliphatic carbocycles. The largest absolute Gasteiger partial charge is 0.465 e. The van der Waals surface area contributed by atoms with Gasteiger partial charge in [-0.05, 0) is 67.9 Å². The van der Waals surface area contributed by atoms with Crippen LogP contribution in [-0.2, 0) is 9.53 Å². The summed E-state index contributed by atoms with van der Waals surface area (Å²) in [6.07, 6.45) is 1.71. The molecule has 2 aromatic rings. The number of hydrazine groups is 1. The highest BCUT2D eigenvalue weighted by atomic mass is 32.1. The molecule has 1 fully saturated rings.